The molecule has 1 aromatic heterocycles. The lowest BCUT2D eigenvalue weighted by molar-refractivity contribution is -0.0126. The standard InChI is InChI=1S/C15H26ClN3O/c1-5-15(3,19-8-6-7-9-19)13(20)10-12-14(16)11(2)17-18(12)4/h13,20H,5-10H2,1-4H3. The lowest BCUT2D eigenvalue weighted by Gasteiger charge is -2.42. The average Bonchev–Trinajstić information content (AvgIpc) is 3.03. The predicted molar refractivity (Wildman–Crippen MR) is 82.2 cm³/mol. The zero-order chi connectivity index (χ0) is 14.9. The van der Waals surface area contributed by atoms with E-state index >= 15 is 0 Å². The van der Waals surface area contributed by atoms with Gasteiger partial charge in [-0.2, -0.15) is 5.10 Å². The van der Waals surface area contributed by atoms with Crippen molar-refractivity contribution in [3.05, 3.63) is 16.4 Å². The number of rotatable bonds is 5. The third-order valence-electron chi connectivity index (χ3n) is 4.91. The van der Waals surface area contributed by atoms with Gasteiger partial charge < -0.3 is 5.11 Å². The van der Waals surface area contributed by atoms with Crippen LogP contribution in [-0.2, 0) is 13.5 Å². The molecule has 0 spiro atoms. The molecule has 0 aliphatic carbocycles. The van der Waals surface area contributed by atoms with Crippen LogP contribution in [0.3, 0.4) is 0 Å². The average molecular weight is 300 g/mol. The van der Waals surface area contributed by atoms with E-state index in [9.17, 15) is 5.11 Å². The van der Waals surface area contributed by atoms with Crippen molar-refractivity contribution in [2.45, 2.75) is 58.1 Å². The van der Waals surface area contributed by atoms with Gasteiger partial charge in [-0.3, -0.25) is 9.58 Å². The molecule has 0 aromatic carbocycles. The molecule has 0 radical (unpaired) electrons. The second kappa shape index (κ2) is 6.04. The summed E-state index contributed by atoms with van der Waals surface area (Å²) in [4.78, 5) is 2.43. The van der Waals surface area contributed by atoms with Crippen LogP contribution >= 0.6 is 11.6 Å². The highest BCUT2D eigenvalue weighted by atomic mass is 35.5. The fourth-order valence-corrected chi connectivity index (χ4v) is 3.44. The second-order valence-electron chi connectivity index (χ2n) is 6.09. The van der Waals surface area contributed by atoms with Gasteiger partial charge in [-0.05, 0) is 46.2 Å². The molecule has 5 heteroatoms. The van der Waals surface area contributed by atoms with Gasteiger partial charge in [0.1, 0.15) is 0 Å². The fraction of sp³-hybridized carbons (Fsp3) is 0.800. The van der Waals surface area contributed by atoms with Crippen LogP contribution in [0.2, 0.25) is 5.02 Å². The maximum absolute atomic E-state index is 10.8. The van der Waals surface area contributed by atoms with E-state index < -0.39 is 6.10 Å². The third-order valence-corrected chi connectivity index (χ3v) is 5.40. The molecule has 2 heterocycles. The van der Waals surface area contributed by atoms with Gasteiger partial charge in [-0.1, -0.05) is 18.5 Å². The van der Waals surface area contributed by atoms with E-state index in [1.54, 1.807) is 4.68 Å². The maximum atomic E-state index is 10.8. The molecule has 1 aliphatic heterocycles. The van der Waals surface area contributed by atoms with Gasteiger partial charge in [0.25, 0.3) is 0 Å². The highest BCUT2D eigenvalue weighted by Crippen LogP contribution is 2.31. The van der Waals surface area contributed by atoms with E-state index in [4.69, 9.17) is 11.6 Å². The largest absolute Gasteiger partial charge is 0.391 e. The first kappa shape index (κ1) is 15.8. The molecule has 1 saturated heterocycles. The number of nitrogens with zero attached hydrogens (tertiary/aromatic N) is 3. The van der Waals surface area contributed by atoms with Crippen LogP contribution in [-0.4, -0.2) is 44.5 Å². The monoisotopic (exact) mass is 299 g/mol. The van der Waals surface area contributed by atoms with E-state index in [2.05, 4.69) is 23.8 Å². The number of likely N-dealkylation sites (tertiary alicyclic amines) is 1. The van der Waals surface area contributed by atoms with Gasteiger partial charge in [-0.25, -0.2) is 0 Å². The Bertz CT molecular complexity index is 468. The van der Waals surface area contributed by atoms with Gasteiger partial charge in [0.05, 0.1) is 22.5 Å². The smallest absolute Gasteiger partial charge is 0.0847 e. The summed E-state index contributed by atoms with van der Waals surface area (Å²) < 4.78 is 1.79. The van der Waals surface area contributed by atoms with Gasteiger partial charge in [-0.15, -0.1) is 0 Å². The van der Waals surface area contributed by atoms with Crippen LogP contribution in [0.25, 0.3) is 0 Å². The van der Waals surface area contributed by atoms with Crippen molar-refractivity contribution in [3.8, 4) is 0 Å². The summed E-state index contributed by atoms with van der Waals surface area (Å²) in [6.07, 6.45) is 3.51. The lowest BCUT2D eigenvalue weighted by Crippen LogP contribution is -2.54. The number of aliphatic hydroxyl groups is 1. The number of halogens is 1. The summed E-state index contributed by atoms with van der Waals surface area (Å²) in [6, 6.07) is 0. The molecule has 1 aromatic rings. The number of aromatic nitrogens is 2. The SMILES string of the molecule is CCC(C)(C(O)Cc1c(Cl)c(C)nn1C)N1CCCC1. The summed E-state index contributed by atoms with van der Waals surface area (Å²) in [5.41, 5.74) is 1.57. The van der Waals surface area contributed by atoms with E-state index in [0.717, 1.165) is 30.9 Å². The molecule has 0 amide bonds. The first-order valence-corrected chi connectivity index (χ1v) is 7.89. The molecule has 0 bridgehead atoms. The van der Waals surface area contributed by atoms with Crippen molar-refractivity contribution >= 4 is 11.6 Å². The minimum Gasteiger partial charge on any atom is -0.391 e. The van der Waals surface area contributed by atoms with Gasteiger partial charge in [0.15, 0.2) is 0 Å². The molecule has 4 nitrogen and oxygen atoms in total. The number of hydrogen-bond acceptors (Lipinski definition) is 3. The molecular formula is C15H26ClN3O. The Labute approximate surface area is 126 Å². The molecule has 2 atom stereocenters. The van der Waals surface area contributed by atoms with Crippen molar-refractivity contribution in [1.29, 1.82) is 0 Å². The Hall–Kier alpha value is -0.580. The van der Waals surface area contributed by atoms with Crippen LogP contribution < -0.4 is 0 Å². The van der Waals surface area contributed by atoms with E-state index in [1.807, 2.05) is 14.0 Å². The number of aliphatic hydroxyl groups excluding tert-OH is 1. The van der Waals surface area contributed by atoms with Crippen LogP contribution in [0.5, 0.6) is 0 Å². The molecule has 1 N–H and O–H groups in total. The molecular weight excluding hydrogens is 274 g/mol. The van der Waals surface area contributed by atoms with E-state index in [0.29, 0.717) is 11.4 Å². The van der Waals surface area contributed by atoms with Crippen molar-refractivity contribution < 1.29 is 5.11 Å². The van der Waals surface area contributed by atoms with Crippen molar-refractivity contribution in [3.63, 3.8) is 0 Å². The third kappa shape index (κ3) is 2.74. The van der Waals surface area contributed by atoms with Crippen molar-refractivity contribution in [2.24, 2.45) is 7.05 Å². The molecule has 0 saturated carbocycles. The summed E-state index contributed by atoms with van der Waals surface area (Å²) in [6.45, 7) is 8.38. The molecule has 2 rings (SSSR count). The lowest BCUT2D eigenvalue weighted by atomic mass is 9.87. The Morgan fingerprint density at radius 3 is 2.45 bits per heavy atom. The normalized spacial score (nSPS) is 21.1. The van der Waals surface area contributed by atoms with Crippen molar-refractivity contribution in [2.75, 3.05) is 13.1 Å². The summed E-state index contributed by atoms with van der Waals surface area (Å²) >= 11 is 6.30. The Kier molecular flexibility index (Phi) is 4.77. The second-order valence-corrected chi connectivity index (χ2v) is 6.47. The quantitative estimate of drug-likeness (QED) is 0.908. The van der Waals surface area contributed by atoms with Crippen LogP contribution in [0, 0.1) is 6.92 Å². The maximum Gasteiger partial charge on any atom is 0.0847 e. The molecule has 20 heavy (non-hydrogen) atoms. The summed E-state index contributed by atoms with van der Waals surface area (Å²) in [7, 11) is 1.89. The first-order valence-electron chi connectivity index (χ1n) is 7.51. The molecule has 114 valence electrons. The number of hydrogen-bond donors (Lipinski definition) is 1. The van der Waals surface area contributed by atoms with Gasteiger partial charge in [0.2, 0.25) is 0 Å². The van der Waals surface area contributed by atoms with Crippen LogP contribution in [0.1, 0.15) is 44.5 Å². The molecule has 1 fully saturated rings. The Morgan fingerprint density at radius 2 is 2.00 bits per heavy atom. The highest BCUT2D eigenvalue weighted by Gasteiger charge is 2.39. The Morgan fingerprint density at radius 1 is 1.40 bits per heavy atom. The topological polar surface area (TPSA) is 41.3 Å². The molecule has 2 unspecified atom stereocenters. The highest BCUT2D eigenvalue weighted by molar-refractivity contribution is 6.31. The zero-order valence-electron chi connectivity index (χ0n) is 13.0. The van der Waals surface area contributed by atoms with Crippen LogP contribution in [0.15, 0.2) is 0 Å². The summed E-state index contributed by atoms with van der Waals surface area (Å²) in [5.74, 6) is 0. The van der Waals surface area contributed by atoms with Crippen molar-refractivity contribution in [1.82, 2.24) is 14.7 Å². The van der Waals surface area contributed by atoms with Gasteiger partial charge >= 0.3 is 0 Å². The Balaban J connectivity index is 2.18. The summed E-state index contributed by atoms with van der Waals surface area (Å²) in [5, 5.41) is 15.8. The van der Waals surface area contributed by atoms with E-state index in [-0.39, 0.29) is 5.54 Å². The predicted octanol–water partition coefficient (Wildman–Crippen LogP) is 2.55. The van der Waals surface area contributed by atoms with Crippen LogP contribution in [0.4, 0.5) is 0 Å². The van der Waals surface area contributed by atoms with E-state index in [1.165, 1.54) is 12.8 Å². The first-order chi connectivity index (χ1) is 9.40. The fourth-order valence-electron chi connectivity index (χ4n) is 3.20. The minimum atomic E-state index is -0.433. The minimum absolute atomic E-state index is 0.183. The number of aryl methyl sites for hydroxylation is 2. The molecule has 1 aliphatic rings. The van der Waals surface area contributed by atoms with Gasteiger partial charge in [0, 0.05) is 19.0 Å². The zero-order valence-corrected chi connectivity index (χ0v) is 13.7.